The second kappa shape index (κ2) is 4.62. The first-order chi connectivity index (χ1) is 8.40. The first-order valence-electron chi connectivity index (χ1n) is 5.73. The number of thioether (sulfide) groups is 1. The average molecular weight is 250 g/mol. The minimum Gasteiger partial charge on any atom is -0.358 e. The minimum atomic E-state index is 0.0818. The van der Waals surface area contributed by atoms with E-state index in [0.717, 1.165) is 35.6 Å². The third-order valence-corrected chi connectivity index (χ3v) is 3.67. The highest BCUT2D eigenvalue weighted by Crippen LogP contribution is 2.27. The maximum absolute atomic E-state index is 5.76. The summed E-state index contributed by atoms with van der Waals surface area (Å²) >= 11 is 1.59. The SMILES string of the molecule is CSc1ncnc2c1ncn2[C@@H]1CCCCO1. The van der Waals surface area contributed by atoms with E-state index in [0.29, 0.717) is 0 Å². The summed E-state index contributed by atoms with van der Waals surface area (Å²) in [6, 6.07) is 0. The summed E-state index contributed by atoms with van der Waals surface area (Å²) in [5.74, 6) is 0. The number of imidazole rings is 1. The van der Waals surface area contributed by atoms with Crippen LogP contribution in [0.4, 0.5) is 0 Å². The largest absolute Gasteiger partial charge is 0.358 e. The Morgan fingerprint density at radius 3 is 3.06 bits per heavy atom. The molecule has 1 fully saturated rings. The Morgan fingerprint density at radius 2 is 2.29 bits per heavy atom. The van der Waals surface area contributed by atoms with Crippen LogP contribution in [0.5, 0.6) is 0 Å². The summed E-state index contributed by atoms with van der Waals surface area (Å²) in [6.07, 6.45) is 8.86. The van der Waals surface area contributed by atoms with Crippen LogP contribution in [0.2, 0.25) is 0 Å². The number of hydrogen-bond acceptors (Lipinski definition) is 5. The van der Waals surface area contributed by atoms with Gasteiger partial charge in [-0.1, -0.05) is 0 Å². The van der Waals surface area contributed by atoms with Crippen LogP contribution in [-0.4, -0.2) is 32.4 Å². The highest BCUT2D eigenvalue weighted by molar-refractivity contribution is 7.98. The van der Waals surface area contributed by atoms with E-state index in [1.54, 1.807) is 18.1 Å². The first kappa shape index (κ1) is 11.0. The fourth-order valence-electron chi connectivity index (χ4n) is 2.13. The molecule has 0 radical (unpaired) electrons. The van der Waals surface area contributed by atoms with Crippen LogP contribution in [0.15, 0.2) is 17.7 Å². The van der Waals surface area contributed by atoms with E-state index in [1.807, 2.05) is 17.2 Å². The molecule has 1 aliphatic rings. The molecule has 0 aliphatic carbocycles. The lowest BCUT2D eigenvalue weighted by molar-refractivity contribution is -0.0298. The maximum atomic E-state index is 5.76. The van der Waals surface area contributed by atoms with E-state index >= 15 is 0 Å². The van der Waals surface area contributed by atoms with Crippen molar-refractivity contribution in [1.82, 2.24) is 19.5 Å². The number of ether oxygens (including phenoxy) is 1. The van der Waals surface area contributed by atoms with E-state index in [4.69, 9.17) is 4.74 Å². The number of aromatic nitrogens is 4. The number of hydrogen-bond donors (Lipinski definition) is 0. The molecular weight excluding hydrogens is 236 g/mol. The Labute approximate surface area is 104 Å². The molecule has 3 rings (SSSR count). The quantitative estimate of drug-likeness (QED) is 0.604. The molecule has 0 unspecified atom stereocenters. The maximum Gasteiger partial charge on any atom is 0.166 e. The second-order valence-corrected chi connectivity index (χ2v) is 4.82. The molecule has 0 bridgehead atoms. The van der Waals surface area contributed by atoms with Crippen molar-refractivity contribution in [3.63, 3.8) is 0 Å². The van der Waals surface area contributed by atoms with E-state index in [9.17, 15) is 0 Å². The molecule has 0 saturated carbocycles. The Bertz CT molecular complexity index is 521. The molecule has 0 spiro atoms. The van der Waals surface area contributed by atoms with Gasteiger partial charge in [0.05, 0.1) is 6.33 Å². The summed E-state index contributed by atoms with van der Waals surface area (Å²) < 4.78 is 7.78. The van der Waals surface area contributed by atoms with Crippen LogP contribution in [0.1, 0.15) is 25.5 Å². The Morgan fingerprint density at radius 1 is 1.35 bits per heavy atom. The number of rotatable bonds is 2. The van der Waals surface area contributed by atoms with Crippen LogP contribution in [0, 0.1) is 0 Å². The van der Waals surface area contributed by atoms with Gasteiger partial charge >= 0.3 is 0 Å². The van der Waals surface area contributed by atoms with Gasteiger partial charge in [-0.15, -0.1) is 11.8 Å². The van der Waals surface area contributed by atoms with Crippen LogP contribution in [-0.2, 0) is 4.74 Å². The Hall–Kier alpha value is -1.14. The standard InChI is InChI=1S/C11H14N4OS/c1-17-11-9-10(12-6-13-11)15(7-14-9)8-4-2-3-5-16-8/h6-8H,2-5H2,1H3/t8-/m0/s1. The van der Waals surface area contributed by atoms with Crippen molar-refractivity contribution in [2.75, 3.05) is 12.9 Å². The summed E-state index contributed by atoms with van der Waals surface area (Å²) in [5.41, 5.74) is 1.74. The molecule has 17 heavy (non-hydrogen) atoms. The van der Waals surface area contributed by atoms with Gasteiger partial charge in [0.15, 0.2) is 5.65 Å². The summed E-state index contributed by atoms with van der Waals surface area (Å²) in [5, 5.41) is 0.921. The molecule has 0 aromatic carbocycles. The molecule has 0 amide bonds. The predicted octanol–water partition coefficient (Wildman–Crippen LogP) is 2.25. The highest BCUT2D eigenvalue weighted by Gasteiger charge is 2.19. The van der Waals surface area contributed by atoms with Gasteiger partial charge in [0, 0.05) is 6.61 Å². The van der Waals surface area contributed by atoms with Crippen molar-refractivity contribution in [2.45, 2.75) is 30.5 Å². The van der Waals surface area contributed by atoms with E-state index in [-0.39, 0.29) is 6.23 Å². The molecule has 1 saturated heterocycles. The Balaban J connectivity index is 2.05. The zero-order chi connectivity index (χ0) is 11.7. The van der Waals surface area contributed by atoms with Gasteiger partial charge in [-0.3, -0.25) is 4.57 Å². The molecule has 5 nitrogen and oxygen atoms in total. The van der Waals surface area contributed by atoms with E-state index in [1.165, 1.54) is 6.42 Å². The van der Waals surface area contributed by atoms with Crippen molar-refractivity contribution in [2.24, 2.45) is 0 Å². The highest BCUT2D eigenvalue weighted by atomic mass is 32.2. The van der Waals surface area contributed by atoms with Crippen molar-refractivity contribution in [3.8, 4) is 0 Å². The Kier molecular flexibility index (Phi) is 2.98. The lowest BCUT2D eigenvalue weighted by atomic mass is 10.2. The zero-order valence-corrected chi connectivity index (χ0v) is 10.5. The van der Waals surface area contributed by atoms with Crippen molar-refractivity contribution >= 4 is 22.9 Å². The van der Waals surface area contributed by atoms with Gasteiger partial charge in [-0.25, -0.2) is 15.0 Å². The third-order valence-electron chi connectivity index (χ3n) is 2.98. The fraction of sp³-hybridized carbons (Fsp3) is 0.545. The fourth-order valence-corrected chi connectivity index (χ4v) is 2.62. The van der Waals surface area contributed by atoms with E-state index in [2.05, 4.69) is 15.0 Å². The van der Waals surface area contributed by atoms with Crippen molar-refractivity contribution < 1.29 is 4.74 Å². The summed E-state index contributed by atoms with van der Waals surface area (Å²) in [4.78, 5) is 12.9. The van der Waals surface area contributed by atoms with Gasteiger partial charge in [0.1, 0.15) is 23.1 Å². The van der Waals surface area contributed by atoms with Crippen LogP contribution in [0.3, 0.4) is 0 Å². The van der Waals surface area contributed by atoms with Gasteiger partial charge in [0.2, 0.25) is 0 Å². The lowest BCUT2D eigenvalue weighted by Crippen LogP contribution is -2.17. The van der Waals surface area contributed by atoms with E-state index < -0.39 is 0 Å². The molecule has 2 aromatic rings. The first-order valence-corrected chi connectivity index (χ1v) is 6.96. The molecule has 1 aliphatic heterocycles. The lowest BCUT2D eigenvalue weighted by Gasteiger charge is -2.23. The van der Waals surface area contributed by atoms with Crippen molar-refractivity contribution in [1.29, 1.82) is 0 Å². The van der Waals surface area contributed by atoms with Crippen LogP contribution >= 0.6 is 11.8 Å². The second-order valence-electron chi connectivity index (χ2n) is 4.03. The summed E-state index contributed by atoms with van der Waals surface area (Å²) in [6.45, 7) is 0.824. The number of nitrogens with zero attached hydrogens (tertiary/aromatic N) is 4. The molecule has 2 aromatic heterocycles. The van der Waals surface area contributed by atoms with Crippen LogP contribution < -0.4 is 0 Å². The topological polar surface area (TPSA) is 52.8 Å². The molecular formula is C11H14N4OS. The average Bonchev–Trinajstić information content (AvgIpc) is 2.83. The molecule has 6 heteroatoms. The monoisotopic (exact) mass is 250 g/mol. The third kappa shape index (κ3) is 1.91. The van der Waals surface area contributed by atoms with Gasteiger partial charge < -0.3 is 4.74 Å². The molecule has 0 N–H and O–H groups in total. The van der Waals surface area contributed by atoms with Crippen LogP contribution in [0.25, 0.3) is 11.2 Å². The zero-order valence-electron chi connectivity index (χ0n) is 9.67. The normalized spacial score (nSPS) is 20.9. The minimum absolute atomic E-state index is 0.0818. The molecule has 1 atom stereocenters. The van der Waals surface area contributed by atoms with Crippen molar-refractivity contribution in [3.05, 3.63) is 12.7 Å². The number of fused-ring (bicyclic) bond motifs is 1. The predicted molar refractivity (Wildman–Crippen MR) is 65.9 cm³/mol. The summed E-state index contributed by atoms with van der Waals surface area (Å²) in [7, 11) is 0. The van der Waals surface area contributed by atoms with Gasteiger partial charge in [-0.05, 0) is 25.5 Å². The van der Waals surface area contributed by atoms with Gasteiger partial charge in [-0.2, -0.15) is 0 Å². The molecule has 3 heterocycles. The van der Waals surface area contributed by atoms with Gasteiger partial charge in [0.25, 0.3) is 0 Å². The smallest absolute Gasteiger partial charge is 0.166 e. The molecule has 90 valence electrons.